The summed E-state index contributed by atoms with van der Waals surface area (Å²) in [6, 6.07) is 11.6. The molecule has 3 aromatic rings. The number of hydrogen-bond donors (Lipinski definition) is 2. The Balaban J connectivity index is 1.69. The van der Waals surface area contributed by atoms with Crippen molar-refractivity contribution in [1.29, 1.82) is 0 Å². The molecule has 0 unspecified atom stereocenters. The van der Waals surface area contributed by atoms with Gasteiger partial charge < -0.3 is 10.4 Å². The highest BCUT2D eigenvalue weighted by Gasteiger charge is 2.38. The first-order valence-electron chi connectivity index (χ1n) is 7.87. The summed E-state index contributed by atoms with van der Waals surface area (Å²) in [5.74, 6) is -1.10. The molecule has 26 heavy (non-hydrogen) atoms. The minimum absolute atomic E-state index is 0.140. The van der Waals surface area contributed by atoms with E-state index in [1.54, 1.807) is 42.5 Å². The van der Waals surface area contributed by atoms with Gasteiger partial charge in [0, 0.05) is 12.1 Å². The number of nitrogens with one attached hydrogen (secondary N) is 1. The number of nitrogens with zero attached hydrogens (tertiary/aromatic N) is 2. The number of rotatable bonds is 4. The Labute approximate surface area is 151 Å². The van der Waals surface area contributed by atoms with Gasteiger partial charge in [-0.05, 0) is 30.3 Å². The zero-order valence-electron chi connectivity index (χ0n) is 13.4. The molecule has 0 saturated heterocycles. The lowest BCUT2D eigenvalue weighted by molar-refractivity contribution is 0.0921. The van der Waals surface area contributed by atoms with E-state index in [-0.39, 0.29) is 24.2 Å². The first-order chi connectivity index (χ1) is 12.6. The zero-order chi connectivity index (χ0) is 18.3. The second-order valence-electron chi connectivity index (χ2n) is 5.65. The second kappa shape index (κ2) is 6.32. The minimum Gasteiger partial charge on any atom is -0.395 e. The smallest absolute Gasteiger partial charge is 0.268 e. The van der Waals surface area contributed by atoms with Gasteiger partial charge in [-0.1, -0.05) is 23.5 Å². The molecule has 3 amide bonds. The number of benzene rings is 2. The topological polar surface area (TPSA) is 99.6 Å². The summed E-state index contributed by atoms with van der Waals surface area (Å²) in [5, 5.41) is 11.6. The van der Waals surface area contributed by atoms with E-state index in [2.05, 4.69) is 10.3 Å². The fourth-order valence-corrected chi connectivity index (χ4v) is 3.79. The van der Waals surface area contributed by atoms with Crippen molar-refractivity contribution in [3.05, 3.63) is 59.2 Å². The van der Waals surface area contributed by atoms with Gasteiger partial charge in [0.25, 0.3) is 17.7 Å². The van der Waals surface area contributed by atoms with Gasteiger partial charge >= 0.3 is 0 Å². The van der Waals surface area contributed by atoms with E-state index >= 15 is 0 Å². The molecule has 7 nitrogen and oxygen atoms in total. The van der Waals surface area contributed by atoms with Crippen LogP contribution in [-0.2, 0) is 0 Å². The predicted molar refractivity (Wildman–Crippen MR) is 96.6 cm³/mol. The lowest BCUT2D eigenvalue weighted by Gasteiger charge is -2.08. The van der Waals surface area contributed by atoms with E-state index in [4.69, 9.17) is 5.11 Å². The lowest BCUT2D eigenvalue weighted by Crippen LogP contribution is -2.29. The molecule has 0 spiro atoms. The predicted octanol–water partition coefficient (Wildman–Crippen LogP) is 1.82. The molecule has 0 aliphatic carbocycles. The number of aliphatic hydroxyl groups excluding tert-OH is 1. The van der Waals surface area contributed by atoms with Gasteiger partial charge in [-0.3, -0.25) is 14.4 Å². The Kier molecular flexibility index (Phi) is 3.98. The van der Waals surface area contributed by atoms with Crippen molar-refractivity contribution >= 4 is 44.4 Å². The van der Waals surface area contributed by atoms with Crippen molar-refractivity contribution in [1.82, 2.24) is 10.3 Å². The molecule has 0 atom stereocenters. The number of anilines is 1. The highest BCUT2D eigenvalue weighted by molar-refractivity contribution is 7.22. The first-order valence-corrected chi connectivity index (χ1v) is 8.69. The van der Waals surface area contributed by atoms with Crippen LogP contribution in [0.4, 0.5) is 5.13 Å². The van der Waals surface area contributed by atoms with Crippen LogP contribution in [0.2, 0.25) is 0 Å². The number of imide groups is 1. The third-order valence-corrected chi connectivity index (χ3v) is 5.03. The Morgan fingerprint density at radius 2 is 1.81 bits per heavy atom. The highest BCUT2D eigenvalue weighted by atomic mass is 32.1. The van der Waals surface area contributed by atoms with Crippen LogP contribution in [0.25, 0.3) is 10.2 Å². The van der Waals surface area contributed by atoms with Crippen LogP contribution in [0.3, 0.4) is 0 Å². The number of hydrogen-bond acceptors (Lipinski definition) is 6. The third kappa shape index (κ3) is 2.56. The maximum Gasteiger partial charge on any atom is 0.268 e. The molecule has 4 rings (SSSR count). The van der Waals surface area contributed by atoms with Crippen LogP contribution in [0.15, 0.2) is 42.5 Å². The van der Waals surface area contributed by atoms with E-state index in [9.17, 15) is 14.4 Å². The van der Waals surface area contributed by atoms with Crippen LogP contribution in [0.5, 0.6) is 0 Å². The molecular formula is C18H13N3O4S. The quantitative estimate of drug-likeness (QED) is 0.685. The van der Waals surface area contributed by atoms with Crippen LogP contribution in [0, 0.1) is 0 Å². The van der Waals surface area contributed by atoms with E-state index in [1.807, 2.05) is 0 Å². The molecule has 0 saturated carbocycles. The van der Waals surface area contributed by atoms with Gasteiger partial charge in [0.05, 0.1) is 28.0 Å². The number of aliphatic hydroxyl groups is 1. The monoisotopic (exact) mass is 367 g/mol. The van der Waals surface area contributed by atoms with Crippen molar-refractivity contribution in [2.24, 2.45) is 0 Å². The second-order valence-corrected chi connectivity index (χ2v) is 6.66. The Morgan fingerprint density at radius 1 is 1.12 bits per heavy atom. The molecule has 1 aliphatic rings. The first kappa shape index (κ1) is 16.4. The van der Waals surface area contributed by atoms with Crippen molar-refractivity contribution < 1.29 is 19.5 Å². The molecule has 8 heteroatoms. The Morgan fingerprint density at radius 3 is 2.46 bits per heavy atom. The Hall–Kier alpha value is -3.10. The van der Waals surface area contributed by atoms with Gasteiger partial charge in [-0.2, -0.15) is 0 Å². The summed E-state index contributed by atoms with van der Waals surface area (Å²) in [4.78, 5) is 42.6. The number of carbonyl (C=O) groups excluding carboxylic acids is 3. The lowest BCUT2D eigenvalue weighted by atomic mass is 10.1. The molecule has 1 aromatic heterocycles. The zero-order valence-corrected chi connectivity index (χ0v) is 14.2. The molecule has 1 aliphatic heterocycles. The van der Waals surface area contributed by atoms with Crippen molar-refractivity contribution in [2.45, 2.75) is 0 Å². The number of fused-ring (bicyclic) bond motifs is 2. The van der Waals surface area contributed by atoms with Crippen LogP contribution < -0.4 is 10.2 Å². The molecule has 0 radical (unpaired) electrons. The number of thiazole rings is 1. The molecule has 0 bridgehead atoms. The van der Waals surface area contributed by atoms with Crippen LogP contribution >= 0.6 is 11.3 Å². The fourth-order valence-electron chi connectivity index (χ4n) is 2.78. The summed E-state index contributed by atoms with van der Waals surface area (Å²) >= 11 is 1.17. The van der Waals surface area contributed by atoms with Crippen LogP contribution in [-0.4, -0.2) is 41.0 Å². The van der Waals surface area contributed by atoms with Gasteiger partial charge in [0.1, 0.15) is 0 Å². The van der Waals surface area contributed by atoms with Crippen molar-refractivity contribution in [3.63, 3.8) is 0 Å². The highest BCUT2D eigenvalue weighted by Crippen LogP contribution is 2.34. The van der Waals surface area contributed by atoms with Gasteiger partial charge in [0.2, 0.25) is 5.13 Å². The average Bonchev–Trinajstić information content (AvgIpc) is 3.18. The van der Waals surface area contributed by atoms with Gasteiger partial charge in [-0.15, -0.1) is 0 Å². The van der Waals surface area contributed by atoms with Crippen molar-refractivity contribution in [2.75, 3.05) is 18.1 Å². The maximum absolute atomic E-state index is 12.6. The standard InChI is InChI=1S/C18H13N3O4S/c22-8-7-19-15(23)10-5-6-13-14(9-10)26-18(20-13)21-16(24)11-3-1-2-4-12(11)17(21)25/h1-6,9,22H,7-8H2,(H,19,23). The summed E-state index contributed by atoms with van der Waals surface area (Å²) in [6.07, 6.45) is 0. The van der Waals surface area contributed by atoms with E-state index in [0.29, 0.717) is 26.9 Å². The summed E-state index contributed by atoms with van der Waals surface area (Å²) in [6.45, 7) is 0.0261. The van der Waals surface area contributed by atoms with Crippen molar-refractivity contribution in [3.8, 4) is 0 Å². The maximum atomic E-state index is 12.6. The number of amides is 3. The van der Waals surface area contributed by atoms with Gasteiger partial charge in [0.15, 0.2) is 0 Å². The number of aromatic nitrogens is 1. The molecule has 2 aromatic carbocycles. The molecule has 0 fully saturated rings. The number of carbonyl (C=O) groups is 3. The summed E-state index contributed by atoms with van der Waals surface area (Å²) < 4.78 is 0.688. The fraction of sp³-hybridized carbons (Fsp3) is 0.111. The van der Waals surface area contributed by atoms with E-state index in [1.165, 1.54) is 11.3 Å². The molecule has 2 N–H and O–H groups in total. The minimum atomic E-state index is -0.398. The Bertz CT molecular complexity index is 1020. The summed E-state index contributed by atoms with van der Waals surface area (Å²) in [5.41, 5.74) is 1.74. The average molecular weight is 367 g/mol. The van der Waals surface area contributed by atoms with Gasteiger partial charge in [-0.25, -0.2) is 9.88 Å². The van der Waals surface area contributed by atoms with Crippen LogP contribution in [0.1, 0.15) is 31.1 Å². The normalized spacial score (nSPS) is 13.3. The summed E-state index contributed by atoms with van der Waals surface area (Å²) in [7, 11) is 0. The third-order valence-electron chi connectivity index (χ3n) is 4.02. The van der Waals surface area contributed by atoms with E-state index in [0.717, 1.165) is 4.90 Å². The molecule has 130 valence electrons. The SMILES string of the molecule is O=C(NCCO)c1ccc2nc(N3C(=O)c4ccccc4C3=O)sc2c1. The largest absolute Gasteiger partial charge is 0.395 e. The molecular weight excluding hydrogens is 354 g/mol. The van der Waals surface area contributed by atoms with E-state index < -0.39 is 11.8 Å². The molecule has 2 heterocycles.